The minimum Gasteiger partial charge on any atom is -0.324 e. The minimum atomic E-state index is -0.669. The zero-order valence-electron chi connectivity index (χ0n) is 14.8. The van der Waals surface area contributed by atoms with Crippen molar-refractivity contribution in [1.29, 1.82) is 0 Å². The van der Waals surface area contributed by atoms with E-state index in [0.29, 0.717) is 20.9 Å². The van der Waals surface area contributed by atoms with Crippen LogP contribution in [-0.2, 0) is 11.3 Å². The zero-order chi connectivity index (χ0) is 20.5. The topological polar surface area (TPSA) is 73.1 Å². The van der Waals surface area contributed by atoms with E-state index >= 15 is 0 Å². The number of halogens is 2. The first-order valence-corrected chi connectivity index (χ1v) is 9.74. The van der Waals surface area contributed by atoms with Gasteiger partial charge in [0.25, 0.3) is 5.56 Å². The average Bonchev–Trinajstić information content (AvgIpc) is 3.15. The maximum absolute atomic E-state index is 13.3. The molecule has 0 atom stereocenters. The first-order chi connectivity index (χ1) is 13.9. The molecule has 0 aliphatic carbocycles. The smallest absolute Gasteiger partial charge is 0.324 e. The zero-order valence-corrected chi connectivity index (χ0v) is 16.3. The Balaban J connectivity index is 1.80. The van der Waals surface area contributed by atoms with Crippen molar-refractivity contribution in [3.8, 4) is 5.69 Å². The van der Waals surface area contributed by atoms with Crippen molar-refractivity contribution in [3.05, 3.63) is 91.7 Å². The van der Waals surface area contributed by atoms with Gasteiger partial charge in [-0.1, -0.05) is 23.7 Å². The lowest BCUT2D eigenvalue weighted by atomic mass is 10.3. The summed E-state index contributed by atoms with van der Waals surface area (Å²) in [6.45, 7) is -0.344. The number of amides is 1. The Morgan fingerprint density at radius 3 is 2.66 bits per heavy atom. The number of aromatic nitrogens is 2. The first-order valence-electron chi connectivity index (χ1n) is 8.48. The molecule has 0 unspecified atom stereocenters. The third-order valence-electron chi connectivity index (χ3n) is 4.23. The number of nitrogens with one attached hydrogen (secondary N) is 1. The lowest BCUT2D eigenvalue weighted by molar-refractivity contribution is -0.116. The van der Waals surface area contributed by atoms with Crippen molar-refractivity contribution in [1.82, 2.24) is 9.13 Å². The van der Waals surface area contributed by atoms with E-state index in [-0.39, 0.29) is 12.2 Å². The molecule has 0 radical (unpaired) electrons. The van der Waals surface area contributed by atoms with E-state index in [9.17, 15) is 18.8 Å². The summed E-state index contributed by atoms with van der Waals surface area (Å²) in [4.78, 5) is 38.5. The second kappa shape index (κ2) is 7.65. The molecule has 6 nitrogen and oxygen atoms in total. The predicted molar refractivity (Wildman–Crippen MR) is 112 cm³/mol. The second-order valence-electron chi connectivity index (χ2n) is 6.18. The van der Waals surface area contributed by atoms with Crippen LogP contribution in [0.25, 0.3) is 15.9 Å². The summed E-state index contributed by atoms with van der Waals surface area (Å²) in [7, 11) is 0. The van der Waals surface area contributed by atoms with Gasteiger partial charge in [0.05, 0.1) is 11.2 Å². The molecule has 146 valence electrons. The van der Waals surface area contributed by atoms with Crippen LogP contribution in [0.15, 0.2) is 69.6 Å². The number of benzene rings is 2. The molecular weight excluding hydrogens is 417 g/mol. The maximum Gasteiger partial charge on any atom is 0.336 e. The number of hydrogen-bond donors (Lipinski definition) is 1. The number of hydrogen-bond acceptors (Lipinski definition) is 4. The molecule has 0 bridgehead atoms. The van der Waals surface area contributed by atoms with Crippen molar-refractivity contribution < 1.29 is 9.18 Å². The molecule has 0 spiro atoms. The number of fused-ring (bicyclic) bond motifs is 1. The van der Waals surface area contributed by atoms with Gasteiger partial charge >= 0.3 is 5.69 Å². The summed E-state index contributed by atoms with van der Waals surface area (Å²) in [6, 6.07) is 13.4. The molecule has 2 aromatic carbocycles. The van der Waals surface area contributed by atoms with Crippen LogP contribution in [0.1, 0.15) is 0 Å². The van der Waals surface area contributed by atoms with Gasteiger partial charge in [-0.25, -0.2) is 13.8 Å². The highest BCUT2D eigenvalue weighted by Gasteiger charge is 2.18. The summed E-state index contributed by atoms with van der Waals surface area (Å²) in [5.41, 5.74) is -0.214. The Labute approximate surface area is 172 Å². The predicted octanol–water partition coefficient (Wildman–Crippen LogP) is 3.65. The van der Waals surface area contributed by atoms with Crippen LogP contribution in [-0.4, -0.2) is 15.0 Å². The molecule has 0 fully saturated rings. The molecule has 2 heterocycles. The van der Waals surface area contributed by atoms with Crippen LogP contribution < -0.4 is 16.6 Å². The number of thiophene rings is 1. The standard InChI is InChI=1S/C20H13ClFN3O3S/c21-12-3-1-6-15(9-12)25-19(27)18-16(7-8-29-18)24(20(25)28)11-17(26)23-14-5-2-4-13(22)10-14/h1-10H,11H2,(H,23,26). The third-order valence-corrected chi connectivity index (χ3v) is 5.36. The molecule has 0 aliphatic rings. The van der Waals surface area contributed by atoms with Crippen LogP contribution in [0.5, 0.6) is 0 Å². The summed E-state index contributed by atoms with van der Waals surface area (Å²) in [6.07, 6.45) is 0. The second-order valence-corrected chi connectivity index (χ2v) is 7.54. The van der Waals surface area contributed by atoms with Crippen LogP contribution in [0, 0.1) is 5.82 Å². The summed E-state index contributed by atoms with van der Waals surface area (Å²) in [5.74, 6) is -1.02. The number of anilines is 1. The fourth-order valence-electron chi connectivity index (χ4n) is 2.99. The van der Waals surface area contributed by atoms with Gasteiger partial charge in [0, 0.05) is 10.7 Å². The molecule has 0 saturated heterocycles. The van der Waals surface area contributed by atoms with Gasteiger partial charge in [0.15, 0.2) is 0 Å². The Kier molecular flexibility index (Phi) is 5.04. The Morgan fingerprint density at radius 1 is 1.10 bits per heavy atom. The van der Waals surface area contributed by atoms with Gasteiger partial charge < -0.3 is 5.32 Å². The monoisotopic (exact) mass is 429 g/mol. The molecule has 1 N–H and O–H groups in total. The molecule has 29 heavy (non-hydrogen) atoms. The quantitative estimate of drug-likeness (QED) is 0.538. The van der Waals surface area contributed by atoms with Crippen LogP contribution in [0.3, 0.4) is 0 Å². The van der Waals surface area contributed by atoms with E-state index in [1.165, 1.54) is 46.2 Å². The fraction of sp³-hybridized carbons (Fsp3) is 0.0500. The number of nitrogens with zero attached hydrogens (tertiary/aromatic N) is 2. The summed E-state index contributed by atoms with van der Waals surface area (Å²) in [5, 5.41) is 4.60. The van der Waals surface area contributed by atoms with Crippen LogP contribution >= 0.6 is 22.9 Å². The molecule has 0 aliphatic heterocycles. The van der Waals surface area contributed by atoms with Crippen molar-refractivity contribution >= 4 is 44.7 Å². The van der Waals surface area contributed by atoms with Crippen molar-refractivity contribution in [2.75, 3.05) is 5.32 Å². The summed E-state index contributed by atoms with van der Waals surface area (Å²) < 4.78 is 15.9. The van der Waals surface area contributed by atoms with Gasteiger partial charge in [-0.2, -0.15) is 0 Å². The molecular formula is C20H13ClFN3O3S. The lowest BCUT2D eigenvalue weighted by Crippen LogP contribution is -2.40. The van der Waals surface area contributed by atoms with Gasteiger partial charge in [0.1, 0.15) is 17.1 Å². The molecule has 4 aromatic rings. The van der Waals surface area contributed by atoms with E-state index in [4.69, 9.17) is 11.6 Å². The first kappa shape index (κ1) is 19.1. The van der Waals surface area contributed by atoms with Crippen molar-refractivity contribution in [2.45, 2.75) is 6.54 Å². The fourth-order valence-corrected chi connectivity index (χ4v) is 4.00. The third kappa shape index (κ3) is 3.72. The SMILES string of the molecule is O=C(Cn1c(=O)n(-c2cccc(Cl)c2)c(=O)c2sccc21)Nc1cccc(F)c1. The molecule has 0 saturated carbocycles. The van der Waals surface area contributed by atoms with E-state index in [1.54, 1.807) is 29.6 Å². The minimum absolute atomic E-state index is 0.271. The highest BCUT2D eigenvalue weighted by atomic mass is 35.5. The highest BCUT2D eigenvalue weighted by Crippen LogP contribution is 2.18. The van der Waals surface area contributed by atoms with Gasteiger partial charge in [0.2, 0.25) is 5.91 Å². The number of rotatable bonds is 4. The number of carbonyl (C=O) groups is 1. The van der Waals surface area contributed by atoms with E-state index in [1.807, 2.05) is 0 Å². The van der Waals surface area contributed by atoms with Crippen molar-refractivity contribution in [2.24, 2.45) is 0 Å². The normalized spacial score (nSPS) is 11.0. The van der Waals surface area contributed by atoms with Crippen molar-refractivity contribution in [3.63, 3.8) is 0 Å². The molecule has 2 aromatic heterocycles. The lowest BCUT2D eigenvalue weighted by Gasteiger charge is -2.12. The van der Waals surface area contributed by atoms with Gasteiger partial charge in [-0.3, -0.25) is 14.2 Å². The highest BCUT2D eigenvalue weighted by molar-refractivity contribution is 7.17. The van der Waals surface area contributed by atoms with Crippen LogP contribution in [0.2, 0.25) is 5.02 Å². The van der Waals surface area contributed by atoms with E-state index in [0.717, 1.165) is 4.57 Å². The Hall–Kier alpha value is -3.23. The van der Waals surface area contributed by atoms with Crippen LogP contribution in [0.4, 0.5) is 10.1 Å². The Morgan fingerprint density at radius 2 is 1.90 bits per heavy atom. The van der Waals surface area contributed by atoms with Gasteiger partial charge in [-0.15, -0.1) is 11.3 Å². The summed E-state index contributed by atoms with van der Waals surface area (Å²) >= 11 is 7.18. The Bertz CT molecular complexity index is 1360. The van der Waals surface area contributed by atoms with E-state index in [2.05, 4.69) is 5.32 Å². The number of carbonyl (C=O) groups excluding carboxylic acids is 1. The van der Waals surface area contributed by atoms with Gasteiger partial charge in [-0.05, 0) is 47.8 Å². The molecule has 4 rings (SSSR count). The van der Waals surface area contributed by atoms with E-state index < -0.39 is 23.0 Å². The largest absolute Gasteiger partial charge is 0.336 e. The molecule has 1 amide bonds. The average molecular weight is 430 g/mol. The maximum atomic E-state index is 13.3. The molecule has 9 heteroatoms.